The molecule has 3 nitrogen and oxygen atoms in total. The highest BCUT2D eigenvalue weighted by molar-refractivity contribution is 5.96. The van der Waals surface area contributed by atoms with E-state index in [1.54, 1.807) is 0 Å². The van der Waals surface area contributed by atoms with Gasteiger partial charge in [0.1, 0.15) is 0 Å². The summed E-state index contributed by atoms with van der Waals surface area (Å²) in [5, 5.41) is 0. The molecule has 4 saturated carbocycles. The normalized spacial score (nSPS) is 56.0. The minimum Gasteiger partial charge on any atom is -0.369 e. The van der Waals surface area contributed by atoms with E-state index in [0.29, 0.717) is 23.0 Å². The van der Waals surface area contributed by atoms with Crippen LogP contribution in [0.15, 0.2) is 11.6 Å². The average Bonchev–Trinajstić information content (AvgIpc) is 2.72. The number of allylic oxidation sites excluding steroid dienone is 2. The summed E-state index contributed by atoms with van der Waals surface area (Å²) in [4.78, 5) is 26.9. The second kappa shape index (κ2) is 6.97. The monoisotopic (exact) mass is 453 g/mol. The van der Waals surface area contributed by atoms with E-state index in [4.69, 9.17) is 5.73 Å². The van der Waals surface area contributed by atoms with Crippen LogP contribution in [-0.2, 0) is 9.59 Å². The van der Waals surface area contributed by atoms with Crippen molar-refractivity contribution >= 4 is 11.7 Å². The van der Waals surface area contributed by atoms with Crippen molar-refractivity contribution in [1.82, 2.24) is 0 Å². The Balaban J connectivity index is 1.65. The minimum atomic E-state index is -0.488. The minimum absolute atomic E-state index is 0.00264. The van der Waals surface area contributed by atoms with Gasteiger partial charge < -0.3 is 5.73 Å². The lowest BCUT2D eigenvalue weighted by atomic mass is 9.33. The Labute approximate surface area is 201 Å². The van der Waals surface area contributed by atoms with E-state index in [2.05, 4.69) is 54.5 Å². The van der Waals surface area contributed by atoms with Gasteiger partial charge in [-0.3, -0.25) is 9.59 Å². The molecule has 0 spiro atoms. The Morgan fingerprint density at radius 2 is 1.64 bits per heavy atom. The Kier molecular flexibility index (Phi) is 4.99. The molecule has 3 heteroatoms. The molecule has 4 fully saturated rings. The number of nitrogens with two attached hydrogens (primary N) is 1. The number of ketones is 1. The lowest BCUT2D eigenvalue weighted by molar-refractivity contribution is -0.190. The fourth-order valence-electron chi connectivity index (χ4n) is 10.8. The molecule has 5 aliphatic carbocycles. The van der Waals surface area contributed by atoms with Crippen LogP contribution < -0.4 is 5.73 Å². The van der Waals surface area contributed by atoms with Crippen LogP contribution in [0, 0.1) is 56.7 Å². The summed E-state index contributed by atoms with van der Waals surface area (Å²) in [7, 11) is 0. The largest absolute Gasteiger partial charge is 0.369 e. The quantitative estimate of drug-likeness (QED) is 0.480. The third-order valence-electron chi connectivity index (χ3n) is 13.1. The highest BCUT2D eigenvalue weighted by Crippen LogP contribution is 2.75. The van der Waals surface area contributed by atoms with Crippen molar-refractivity contribution < 1.29 is 9.59 Å². The van der Waals surface area contributed by atoms with Crippen molar-refractivity contribution in [2.45, 2.75) is 106 Å². The fourth-order valence-corrected chi connectivity index (χ4v) is 10.8. The summed E-state index contributed by atoms with van der Waals surface area (Å²) in [6.07, 6.45) is 12.2. The first kappa shape index (κ1) is 23.6. The maximum absolute atomic E-state index is 14.2. The molecule has 0 saturated heterocycles. The second-order valence-electron chi connectivity index (χ2n) is 14.4. The van der Waals surface area contributed by atoms with Gasteiger partial charge in [-0.15, -0.1) is 0 Å². The van der Waals surface area contributed by atoms with Crippen molar-refractivity contribution in [3.63, 3.8) is 0 Å². The summed E-state index contributed by atoms with van der Waals surface area (Å²) in [6.45, 7) is 16.8. The standard InChI is InChI=1S/C30H47NO2/c1-18-9-13-26(3)15-16-29(6)20(23(26)19(18)2)17-21(32)24-27(4)11-8-12-28(5,25(31)33)22(27)10-14-30(24,29)7/h17-19,22-24H,8-16H2,1-7H3,(H2,31,33)/t18-,19+,22?,23?,24?,26-,27+,28+,29-,30-/m1/s1. The first-order chi connectivity index (χ1) is 15.2. The third kappa shape index (κ3) is 2.74. The fraction of sp³-hybridized carbons (Fsp3) is 0.867. The number of hydrogen-bond acceptors (Lipinski definition) is 2. The van der Waals surface area contributed by atoms with Gasteiger partial charge in [0.15, 0.2) is 5.78 Å². The van der Waals surface area contributed by atoms with Gasteiger partial charge in [0.25, 0.3) is 0 Å². The summed E-state index contributed by atoms with van der Waals surface area (Å²) in [6, 6.07) is 0. The lowest BCUT2D eigenvalue weighted by Gasteiger charge is -2.70. The van der Waals surface area contributed by atoms with E-state index < -0.39 is 5.41 Å². The van der Waals surface area contributed by atoms with Crippen LogP contribution in [0.2, 0.25) is 0 Å². The zero-order valence-corrected chi connectivity index (χ0v) is 22.2. The summed E-state index contributed by atoms with van der Waals surface area (Å²) in [5.74, 6) is 2.27. The zero-order chi connectivity index (χ0) is 24.2. The predicted molar refractivity (Wildman–Crippen MR) is 133 cm³/mol. The Morgan fingerprint density at radius 3 is 2.30 bits per heavy atom. The molecule has 3 unspecified atom stereocenters. The number of carbonyl (C=O) groups excluding carboxylic acids is 2. The molecule has 5 rings (SSSR count). The first-order valence-electron chi connectivity index (χ1n) is 13.8. The summed E-state index contributed by atoms with van der Waals surface area (Å²) in [5.41, 5.74) is 7.22. The molecular formula is C30H47NO2. The highest BCUT2D eigenvalue weighted by atomic mass is 16.1. The van der Waals surface area contributed by atoms with Crippen molar-refractivity contribution in [2.24, 2.45) is 62.4 Å². The highest BCUT2D eigenvalue weighted by Gasteiger charge is 2.70. The van der Waals surface area contributed by atoms with Gasteiger partial charge >= 0.3 is 0 Å². The SMILES string of the molecule is C[C@@H]1CC[C@]2(C)CC[C@]3(C)C(=CC(=O)C4[C@@]5(C)CCC[C@](C)(C(N)=O)C5CC[C@]43C)C2[C@H]1C. The number of amides is 1. The molecule has 0 aromatic carbocycles. The molecule has 0 aliphatic heterocycles. The predicted octanol–water partition coefficient (Wildman–Crippen LogP) is 6.70. The summed E-state index contributed by atoms with van der Waals surface area (Å²) < 4.78 is 0. The Morgan fingerprint density at radius 1 is 0.939 bits per heavy atom. The van der Waals surface area contributed by atoms with Crippen molar-refractivity contribution in [3.8, 4) is 0 Å². The topological polar surface area (TPSA) is 60.2 Å². The molecule has 0 aromatic rings. The van der Waals surface area contributed by atoms with Crippen LogP contribution in [0.3, 0.4) is 0 Å². The number of hydrogen-bond donors (Lipinski definition) is 1. The van der Waals surface area contributed by atoms with Crippen LogP contribution in [0.4, 0.5) is 0 Å². The Bertz CT molecular complexity index is 922. The van der Waals surface area contributed by atoms with E-state index in [9.17, 15) is 9.59 Å². The molecule has 1 amide bonds. The van der Waals surface area contributed by atoms with Crippen LogP contribution in [0.5, 0.6) is 0 Å². The molecular weight excluding hydrogens is 406 g/mol. The van der Waals surface area contributed by atoms with Gasteiger partial charge in [-0.25, -0.2) is 0 Å². The summed E-state index contributed by atoms with van der Waals surface area (Å²) >= 11 is 0. The van der Waals surface area contributed by atoms with Gasteiger partial charge in [-0.2, -0.15) is 0 Å². The molecule has 2 N–H and O–H groups in total. The Hall–Kier alpha value is -1.12. The van der Waals surface area contributed by atoms with Gasteiger partial charge in [0.2, 0.25) is 5.91 Å². The molecule has 0 heterocycles. The molecule has 184 valence electrons. The van der Waals surface area contributed by atoms with E-state index in [1.807, 2.05) is 0 Å². The van der Waals surface area contributed by atoms with Gasteiger partial charge in [0, 0.05) is 11.3 Å². The van der Waals surface area contributed by atoms with E-state index in [-0.39, 0.29) is 34.0 Å². The van der Waals surface area contributed by atoms with E-state index in [1.165, 1.54) is 31.3 Å². The third-order valence-corrected chi connectivity index (χ3v) is 13.1. The van der Waals surface area contributed by atoms with Crippen molar-refractivity contribution in [2.75, 3.05) is 0 Å². The zero-order valence-electron chi connectivity index (χ0n) is 22.2. The molecule has 0 aromatic heterocycles. The van der Waals surface area contributed by atoms with Crippen LogP contribution >= 0.6 is 0 Å². The van der Waals surface area contributed by atoms with E-state index in [0.717, 1.165) is 38.0 Å². The maximum Gasteiger partial charge on any atom is 0.223 e. The number of rotatable bonds is 1. The van der Waals surface area contributed by atoms with Crippen LogP contribution in [0.1, 0.15) is 106 Å². The lowest BCUT2D eigenvalue weighted by Crippen LogP contribution is -2.66. The first-order valence-corrected chi connectivity index (χ1v) is 13.8. The van der Waals surface area contributed by atoms with Gasteiger partial charge in [-0.05, 0) is 103 Å². The second-order valence-corrected chi connectivity index (χ2v) is 14.4. The van der Waals surface area contributed by atoms with Gasteiger partial charge in [-0.1, -0.05) is 60.5 Å². The van der Waals surface area contributed by atoms with Crippen molar-refractivity contribution in [3.05, 3.63) is 11.6 Å². The van der Waals surface area contributed by atoms with Crippen LogP contribution in [0.25, 0.3) is 0 Å². The van der Waals surface area contributed by atoms with E-state index >= 15 is 0 Å². The molecule has 5 aliphatic rings. The maximum atomic E-state index is 14.2. The average molecular weight is 454 g/mol. The van der Waals surface area contributed by atoms with Crippen LogP contribution in [-0.4, -0.2) is 11.7 Å². The van der Waals surface area contributed by atoms with Crippen molar-refractivity contribution in [1.29, 1.82) is 0 Å². The molecule has 0 radical (unpaired) electrons. The number of fused-ring (bicyclic) bond motifs is 7. The van der Waals surface area contributed by atoms with Gasteiger partial charge in [0.05, 0.1) is 0 Å². The smallest absolute Gasteiger partial charge is 0.223 e. The molecule has 0 bridgehead atoms. The molecule has 33 heavy (non-hydrogen) atoms. The molecule has 10 atom stereocenters. The number of carbonyl (C=O) groups is 2. The number of primary amides is 1.